The molecule has 0 spiro atoms. The van der Waals surface area contributed by atoms with E-state index in [1.807, 2.05) is 25.1 Å². The van der Waals surface area contributed by atoms with Gasteiger partial charge in [-0.05, 0) is 42.5 Å². The molecule has 0 saturated carbocycles. The van der Waals surface area contributed by atoms with Crippen LogP contribution in [-0.2, 0) is 6.42 Å². The molecule has 94 valence electrons. The van der Waals surface area contributed by atoms with Gasteiger partial charge in [0.05, 0.1) is 10.7 Å². The summed E-state index contributed by atoms with van der Waals surface area (Å²) in [7, 11) is 0. The minimum atomic E-state index is -0.391. The van der Waals surface area contributed by atoms with Crippen LogP contribution in [0, 0.1) is 13.8 Å². The Balaban J connectivity index is 2.20. The number of carbonyl (C=O) groups excluding carboxylic acids is 1. The van der Waals surface area contributed by atoms with Crippen molar-refractivity contribution in [3.63, 3.8) is 0 Å². The Morgan fingerprint density at radius 3 is 2.37 bits per heavy atom. The predicted octanol–water partition coefficient (Wildman–Crippen LogP) is 2.27. The Morgan fingerprint density at radius 2 is 1.63 bits per heavy atom. The maximum Gasteiger partial charge on any atom is 0.368 e. The molecule has 2 aromatic carbocycles. The van der Waals surface area contributed by atoms with Crippen molar-refractivity contribution < 1.29 is 4.79 Å². The Labute approximate surface area is 111 Å². The molecule has 0 N–H and O–H groups in total. The Bertz CT molecular complexity index is 777. The average molecular weight is 250 g/mol. The molecule has 0 radical (unpaired) electrons. The van der Waals surface area contributed by atoms with Gasteiger partial charge < -0.3 is 0 Å². The van der Waals surface area contributed by atoms with E-state index in [0.717, 1.165) is 33.8 Å². The number of carbonyl (C=O) groups is 1. The normalized spacial score (nSPS) is 12.8. The van der Waals surface area contributed by atoms with E-state index in [1.54, 1.807) is 0 Å². The fourth-order valence-corrected chi connectivity index (χ4v) is 2.50. The average Bonchev–Trinajstić information content (AvgIpc) is 2.78. The number of fused-ring (bicyclic) bond motifs is 1. The zero-order valence-corrected chi connectivity index (χ0v) is 11.0. The minimum absolute atomic E-state index is 0.391. The number of hydrogen-bond acceptors (Lipinski definition) is 1. The highest BCUT2D eigenvalue weighted by Crippen LogP contribution is 2.11. The van der Waals surface area contributed by atoms with Gasteiger partial charge >= 0.3 is 6.03 Å². The highest BCUT2D eigenvalue weighted by molar-refractivity contribution is 5.77. The molecule has 1 aliphatic rings. The van der Waals surface area contributed by atoms with Gasteiger partial charge in [-0.2, -0.15) is 9.98 Å². The molecule has 0 unspecified atom stereocenters. The zero-order valence-electron chi connectivity index (χ0n) is 11.0. The summed E-state index contributed by atoms with van der Waals surface area (Å²) in [5.41, 5.74) is 4.49. The molecule has 3 heteroatoms. The second-order valence-corrected chi connectivity index (χ2v) is 4.85. The molecular formula is C16H14N2O. The Kier molecular flexibility index (Phi) is 2.75. The molecule has 0 atom stereocenters. The summed E-state index contributed by atoms with van der Waals surface area (Å²) in [6, 6.07) is 11.9. The predicted molar refractivity (Wildman–Crippen MR) is 72.9 cm³/mol. The van der Waals surface area contributed by atoms with E-state index in [-0.39, 0.29) is 0 Å². The van der Waals surface area contributed by atoms with E-state index in [0.29, 0.717) is 0 Å². The van der Waals surface area contributed by atoms with Crippen molar-refractivity contribution in [2.24, 2.45) is 9.98 Å². The van der Waals surface area contributed by atoms with Gasteiger partial charge in [0.1, 0.15) is 0 Å². The first kappa shape index (κ1) is 11.8. The third-order valence-electron chi connectivity index (χ3n) is 3.43. The molecule has 0 aromatic heterocycles. The van der Waals surface area contributed by atoms with Gasteiger partial charge in [0, 0.05) is 0 Å². The lowest BCUT2D eigenvalue weighted by Gasteiger charge is -2.07. The number of rotatable bonds is 2. The molecule has 2 amide bonds. The summed E-state index contributed by atoms with van der Waals surface area (Å²) in [4.78, 5) is 19.5. The molecule has 19 heavy (non-hydrogen) atoms. The molecule has 3 nitrogen and oxygen atoms in total. The lowest BCUT2D eigenvalue weighted by atomic mass is 9.97. The number of urea groups is 1. The second-order valence-electron chi connectivity index (χ2n) is 4.85. The fraction of sp³-hybridized carbons (Fsp3) is 0.188. The van der Waals surface area contributed by atoms with Crippen LogP contribution in [0.15, 0.2) is 46.4 Å². The summed E-state index contributed by atoms with van der Waals surface area (Å²) in [5.74, 6) is 0. The monoisotopic (exact) mass is 250 g/mol. The van der Waals surface area contributed by atoms with Gasteiger partial charge in [-0.3, -0.25) is 0 Å². The number of amides is 2. The Morgan fingerprint density at radius 1 is 0.947 bits per heavy atom. The van der Waals surface area contributed by atoms with Crippen LogP contribution in [0.3, 0.4) is 0 Å². The van der Waals surface area contributed by atoms with Crippen molar-refractivity contribution in [1.29, 1.82) is 0 Å². The number of hydrogen-bond donors (Lipinski definition) is 0. The SMILES string of the molecule is Cc1cc(C)c2c(c1Cc1ccccc1)=NC(=O)N=2. The maximum absolute atomic E-state index is 11.4. The van der Waals surface area contributed by atoms with Gasteiger partial charge in [-0.1, -0.05) is 36.4 Å². The van der Waals surface area contributed by atoms with Crippen LogP contribution in [0.4, 0.5) is 4.79 Å². The lowest BCUT2D eigenvalue weighted by molar-refractivity contribution is 0.256. The van der Waals surface area contributed by atoms with Crippen LogP contribution in [-0.4, -0.2) is 6.03 Å². The first-order valence-electron chi connectivity index (χ1n) is 6.29. The molecule has 1 heterocycles. The summed E-state index contributed by atoms with van der Waals surface area (Å²) >= 11 is 0. The smallest absolute Gasteiger partial charge is 0.244 e. The lowest BCUT2D eigenvalue weighted by Crippen LogP contribution is -2.30. The molecule has 1 aliphatic heterocycles. The van der Waals surface area contributed by atoms with Crippen LogP contribution in [0.5, 0.6) is 0 Å². The minimum Gasteiger partial charge on any atom is -0.244 e. The van der Waals surface area contributed by atoms with Crippen LogP contribution < -0.4 is 10.7 Å². The van der Waals surface area contributed by atoms with Crippen molar-refractivity contribution in [3.05, 3.63) is 69.4 Å². The van der Waals surface area contributed by atoms with Gasteiger partial charge in [0.15, 0.2) is 0 Å². The highest BCUT2D eigenvalue weighted by Gasteiger charge is 2.14. The van der Waals surface area contributed by atoms with Gasteiger partial charge in [-0.15, -0.1) is 0 Å². The van der Waals surface area contributed by atoms with E-state index in [9.17, 15) is 4.79 Å². The molecule has 3 rings (SSSR count). The molecule has 0 aliphatic carbocycles. The first-order valence-corrected chi connectivity index (χ1v) is 6.29. The van der Waals surface area contributed by atoms with Crippen molar-refractivity contribution in [2.75, 3.05) is 0 Å². The van der Waals surface area contributed by atoms with Crippen molar-refractivity contribution >= 4 is 6.03 Å². The van der Waals surface area contributed by atoms with Crippen molar-refractivity contribution in [1.82, 2.24) is 0 Å². The van der Waals surface area contributed by atoms with E-state index in [4.69, 9.17) is 0 Å². The van der Waals surface area contributed by atoms with Gasteiger partial charge in [0.25, 0.3) is 0 Å². The van der Waals surface area contributed by atoms with Crippen molar-refractivity contribution in [2.45, 2.75) is 20.3 Å². The summed E-state index contributed by atoms with van der Waals surface area (Å²) < 4.78 is 0. The molecule has 0 fully saturated rings. The van der Waals surface area contributed by atoms with Crippen LogP contribution in [0.2, 0.25) is 0 Å². The largest absolute Gasteiger partial charge is 0.368 e. The first-order chi connectivity index (χ1) is 9.15. The molecule has 0 bridgehead atoms. The summed E-state index contributed by atoms with van der Waals surface area (Å²) in [6.07, 6.45) is 0.779. The Hall–Kier alpha value is -2.29. The number of nitrogens with zero attached hydrogens (tertiary/aromatic N) is 2. The standard InChI is InChI=1S/C16H14N2O/c1-10-8-11(2)14-15(18-16(19)17-14)13(10)9-12-6-4-3-5-7-12/h3-8H,9H2,1-2H3. The maximum atomic E-state index is 11.4. The topological polar surface area (TPSA) is 41.8 Å². The van der Waals surface area contributed by atoms with E-state index in [2.05, 4.69) is 35.1 Å². The molecule has 2 aromatic rings. The van der Waals surface area contributed by atoms with E-state index in [1.165, 1.54) is 5.56 Å². The van der Waals surface area contributed by atoms with Crippen LogP contribution in [0.25, 0.3) is 0 Å². The third-order valence-corrected chi connectivity index (χ3v) is 3.43. The van der Waals surface area contributed by atoms with Gasteiger partial charge in [0.2, 0.25) is 0 Å². The zero-order chi connectivity index (χ0) is 13.4. The highest BCUT2D eigenvalue weighted by atomic mass is 16.2. The fourth-order valence-electron chi connectivity index (χ4n) is 2.50. The van der Waals surface area contributed by atoms with Gasteiger partial charge in [-0.25, -0.2) is 4.79 Å². The summed E-state index contributed by atoms with van der Waals surface area (Å²) in [5, 5.41) is 1.49. The quantitative estimate of drug-likeness (QED) is 0.806. The summed E-state index contributed by atoms with van der Waals surface area (Å²) in [6.45, 7) is 4.03. The van der Waals surface area contributed by atoms with Crippen molar-refractivity contribution in [3.8, 4) is 0 Å². The molecular weight excluding hydrogens is 236 g/mol. The van der Waals surface area contributed by atoms with E-state index < -0.39 is 6.03 Å². The second kappa shape index (κ2) is 4.43. The molecule has 0 saturated heterocycles. The third kappa shape index (κ3) is 2.08. The van der Waals surface area contributed by atoms with E-state index >= 15 is 0 Å². The number of aryl methyl sites for hydroxylation is 2. The van der Waals surface area contributed by atoms with Crippen LogP contribution >= 0.6 is 0 Å². The number of benzene rings is 2. The van der Waals surface area contributed by atoms with Crippen LogP contribution in [0.1, 0.15) is 22.3 Å².